The van der Waals surface area contributed by atoms with Crippen molar-refractivity contribution in [2.24, 2.45) is 0 Å². The first-order valence-corrected chi connectivity index (χ1v) is 6.98. The fourth-order valence-electron chi connectivity index (χ4n) is 3.05. The molecule has 96 valence electrons. The zero-order valence-corrected chi connectivity index (χ0v) is 11.4. The van der Waals surface area contributed by atoms with Crippen molar-refractivity contribution in [3.05, 3.63) is 78.4 Å². The van der Waals surface area contributed by atoms with Crippen molar-refractivity contribution in [3.8, 4) is 11.1 Å². The Hall–Kier alpha value is -2.38. The third-order valence-electron chi connectivity index (χ3n) is 4.02. The number of rotatable bonds is 1. The van der Waals surface area contributed by atoms with Crippen molar-refractivity contribution in [3.63, 3.8) is 0 Å². The zero-order valence-electron chi connectivity index (χ0n) is 11.4. The molecule has 0 spiro atoms. The second-order valence-electron chi connectivity index (χ2n) is 5.33. The average Bonchev–Trinajstić information content (AvgIpc) is 2.83. The molecule has 1 heterocycles. The first kappa shape index (κ1) is 11.4. The van der Waals surface area contributed by atoms with Crippen molar-refractivity contribution >= 4 is 17.1 Å². The molecule has 1 heteroatoms. The summed E-state index contributed by atoms with van der Waals surface area (Å²) in [6.07, 6.45) is 0. The summed E-state index contributed by atoms with van der Waals surface area (Å²) < 4.78 is 0. The van der Waals surface area contributed by atoms with Gasteiger partial charge >= 0.3 is 0 Å². The molecule has 0 radical (unpaired) electrons. The highest BCUT2D eigenvalue weighted by Gasteiger charge is 2.32. The summed E-state index contributed by atoms with van der Waals surface area (Å²) in [6, 6.07) is 26.2. The van der Waals surface area contributed by atoms with Gasteiger partial charge in [-0.15, -0.1) is 0 Å². The molecular formula is C19H16N+. The smallest absolute Gasteiger partial charge is 0.149 e. The lowest BCUT2D eigenvalue weighted by atomic mass is 10.1. The number of hydrogen-bond donors (Lipinski definition) is 1. The third-order valence-corrected chi connectivity index (χ3v) is 4.02. The summed E-state index contributed by atoms with van der Waals surface area (Å²) in [5.41, 5.74) is 7.98. The number of nitrogens with one attached hydrogen (secondary N) is 1. The van der Waals surface area contributed by atoms with Gasteiger partial charge in [-0.1, -0.05) is 42.0 Å². The molecule has 0 saturated heterocycles. The number of hydrogen-bond acceptors (Lipinski definition) is 0. The Morgan fingerprint density at radius 1 is 0.600 bits per heavy atom. The maximum absolute atomic E-state index is 2.23. The molecule has 1 aliphatic heterocycles. The number of aryl methyl sites for hydroxylation is 1. The van der Waals surface area contributed by atoms with Gasteiger partial charge in [-0.05, 0) is 19.1 Å². The molecule has 0 bridgehead atoms. The van der Waals surface area contributed by atoms with Crippen molar-refractivity contribution in [1.82, 2.24) is 0 Å². The highest BCUT2D eigenvalue weighted by atomic mass is 15.2. The van der Waals surface area contributed by atoms with Gasteiger partial charge in [0.15, 0.2) is 0 Å². The molecule has 0 fully saturated rings. The Kier molecular flexibility index (Phi) is 2.48. The number of quaternary nitrogens is 1. The summed E-state index contributed by atoms with van der Waals surface area (Å²) in [7, 11) is 0. The van der Waals surface area contributed by atoms with E-state index in [1.807, 2.05) is 0 Å². The highest BCUT2D eigenvalue weighted by Crippen LogP contribution is 2.38. The van der Waals surface area contributed by atoms with Crippen LogP contribution in [-0.4, -0.2) is 0 Å². The minimum absolute atomic E-state index is 1.30. The van der Waals surface area contributed by atoms with E-state index >= 15 is 0 Å². The molecule has 0 saturated carbocycles. The van der Waals surface area contributed by atoms with E-state index < -0.39 is 0 Å². The van der Waals surface area contributed by atoms with Gasteiger partial charge in [0, 0.05) is 35.4 Å². The molecule has 3 aromatic carbocycles. The van der Waals surface area contributed by atoms with Crippen LogP contribution < -0.4 is 4.90 Å². The van der Waals surface area contributed by atoms with Crippen LogP contribution >= 0.6 is 0 Å². The van der Waals surface area contributed by atoms with Gasteiger partial charge in [0.05, 0.1) is 0 Å². The predicted molar refractivity (Wildman–Crippen MR) is 83.0 cm³/mol. The van der Waals surface area contributed by atoms with E-state index in [2.05, 4.69) is 79.7 Å². The van der Waals surface area contributed by atoms with E-state index in [4.69, 9.17) is 0 Å². The molecule has 1 N–H and O–H groups in total. The van der Waals surface area contributed by atoms with Crippen molar-refractivity contribution in [1.29, 1.82) is 0 Å². The van der Waals surface area contributed by atoms with Crippen LogP contribution in [0.2, 0.25) is 0 Å². The van der Waals surface area contributed by atoms with E-state index in [9.17, 15) is 0 Å². The van der Waals surface area contributed by atoms with Crippen LogP contribution in [0.5, 0.6) is 0 Å². The van der Waals surface area contributed by atoms with Gasteiger partial charge in [-0.25, -0.2) is 4.90 Å². The quantitative estimate of drug-likeness (QED) is 0.523. The average molecular weight is 258 g/mol. The molecule has 0 aromatic heterocycles. The molecule has 1 aliphatic rings. The second kappa shape index (κ2) is 4.32. The first-order valence-electron chi connectivity index (χ1n) is 6.98. The van der Waals surface area contributed by atoms with Crippen LogP contribution in [-0.2, 0) is 0 Å². The lowest BCUT2D eigenvalue weighted by Crippen LogP contribution is -2.95. The minimum atomic E-state index is 1.30. The van der Waals surface area contributed by atoms with Crippen molar-refractivity contribution < 1.29 is 4.90 Å². The van der Waals surface area contributed by atoms with E-state index in [0.29, 0.717) is 0 Å². The summed E-state index contributed by atoms with van der Waals surface area (Å²) in [6.45, 7) is 2.13. The minimum Gasteiger partial charge on any atom is -0.237 e. The van der Waals surface area contributed by atoms with Crippen LogP contribution in [0, 0.1) is 6.92 Å². The van der Waals surface area contributed by atoms with Crippen LogP contribution in [0.3, 0.4) is 0 Å². The molecule has 0 atom stereocenters. The first-order chi connectivity index (χ1) is 9.84. The highest BCUT2D eigenvalue weighted by molar-refractivity contribution is 5.86. The van der Waals surface area contributed by atoms with E-state index in [-0.39, 0.29) is 0 Å². The zero-order chi connectivity index (χ0) is 13.5. The monoisotopic (exact) mass is 258 g/mol. The summed E-state index contributed by atoms with van der Waals surface area (Å²) >= 11 is 0. The SMILES string of the molecule is Cc1ccc([NH+]2c3ccccc3-c3ccccc32)cc1. The maximum Gasteiger partial charge on any atom is 0.149 e. The fraction of sp³-hybridized carbons (Fsp3) is 0.0526. The van der Waals surface area contributed by atoms with Crippen molar-refractivity contribution in [2.75, 3.05) is 0 Å². The Balaban J connectivity index is 1.97. The molecule has 20 heavy (non-hydrogen) atoms. The molecule has 0 unspecified atom stereocenters. The second-order valence-corrected chi connectivity index (χ2v) is 5.33. The van der Waals surface area contributed by atoms with Gasteiger partial charge in [-0.3, -0.25) is 0 Å². The Morgan fingerprint density at radius 2 is 1.10 bits per heavy atom. The summed E-state index contributed by atoms with van der Waals surface area (Å²) in [5, 5.41) is 0. The summed E-state index contributed by atoms with van der Waals surface area (Å²) in [4.78, 5) is 1.36. The third kappa shape index (κ3) is 1.60. The van der Waals surface area contributed by atoms with Crippen LogP contribution in [0.4, 0.5) is 17.1 Å². The number of para-hydroxylation sites is 2. The number of fused-ring (bicyclic) bond motifs is 3. The van der Waals surface area contributed by atoms with Gasteiger partial charge in [-0.2, -0.15) is 0 Å². The fourth-order valence-corrected chi connectivity index (χ4v) is 3.05. The molecule has 0 aliphatic carbocycles. The lowest BCUT2D eigenvalue weighted by molar-refractivity contribution is -0.677. The lowest BCUT2D eigenvalue weighted by Gasteiger charge is -2.14. The van der Waals surface area contributed by atoms with Gasteiger partial charge < -0.3 is 0 Å². The summed E-state index contributed by atoms with van der Waals surface area (Å²) in [5.74, 6) is 0. The van der Waals surface area contributed by atoms with Gasteiger partial charge in [0.1, 0.15) is 17.1 Å². The van der Waals surface area contributed by atoms with Crippen molar-refractivity contribution in [2.45, 2.75) is 6.92 Å². The molecular weight excluding hydrogens is 242 g/mol. The largest absolute Gasteiger partial charge is 0.237 e. The normalized spacial score (nSPS) is 13.1. The maximum atomic E-state index is 2.23. The van der Waals surface area contributed by atoms with Gasteiger partial charge in [0.25, 0.3) is 0 Å². The van der Waals surface area contributed by atoms with E-state index in [1.165, 1.54) is 38.7 Å². The topological polar surface area (TPSA) is 4.44 Å². The molecule has 1 nitrogen and oxygen atoms in total. The molecule has 3 aromatic rings. The Morgan fingerprint density at radius 3 is 1.65 bits per heavy atom. The predicted octanol–water partition coefficient (Wildman–Crippen LogP) is 4.16. The Bertz CT molecular complexity index is 726. The molecule has 0 amide bonds. The van der Waals surface area contributed by atoms with Crippen LogP contribution in [0.15, 0.2) is 72.8 Å². The van der Waals surface area contributed by atoms with Gasteiger partial charge in [0.2, 0.25) is 0 Å². The molecule has 4 rings (SSSR count). The number of benzene rings is 3. The van der Waals surface area contributed by atoms with Crippen LogP contribution in [0.1, 0.15) is 5.56 Å². The van der Waals surface area contributed by atoms with E-state index in [0.717, 1.165) is 0 Å². The van der Waals surface area contributed by atoms with Crippen LogP contribution in [0.25, 0.3) is 11.1 Å². The van der Waals surface area contributed by atoms with E-state index in [1.54, 1.807) is 0 Å². The Labute approximate surface area is 119 Å². The standard InChI is InChI=1S/C19H15N/c1-14-10-12-15(13-11-14)20-18-8-4-2-6-16(18)17-7-3-5-9-19(17)20/h2-13H,1H3/p+1.